The molecule has 0 unspecified atom stereocenters. The largest absolute Gasteiger partial charge is 0.493 e. The number of halogens is 1. The predicted octanol–water partition coefficient (Wildman–Crippen LogP) is 6.35. The van der Waals surface area contributed by atoms with Gasteiger partial charge in [0.15, 0.2) is 5.16 Å². The molecular weight excluding hydrogens is 448 g/mol. The van der Waals surface area contributed by atoms with Crippen LogP contribution in [0.25, 0.3) is 21.3 Å². The molecule has 1 N–H and O–H groups in total. The number of thioether (sulfide) groups is 1. The Morgan fingerprint density at radius 2 is 1.90 bits per heavy atom. The molecule has 2 aromatic heterocycles. The lowest BCUT2D eigenvalue weighted by Gasteiger charge is -2.16. The van der Waals surface area contributed by atoms with Gasteiger partial charge in [0.2, 0.25) is 0 Å². The van der Waals surface area contributed by atoms with Crippen molar-refractivity contribution in [1.29, 1.82) is 0 Å². The fourth-order valence-electron chi connectivity index (χ4n) is 3.94. The van der Waals surface area contributed by atoms with E-state index < -0.39 is 0 Å². The molecule has 0 spiro atoms. The lowest BCUT2D eigenvalue weighted by Crippen LogP contribution is -2.10. The van der Waals surface area contributed by atoms with Crippen LogP contribution in [0, 0.1) is 0 Å². The SMILES string of the molecule is O=c1[nH]c(SCCOc2ccc(Cl)cc2)nc2scc(-c3ccc4c(c3)CCCC4)c12. The van der Waals surface area contributed by atoms with Gasteiger partial charge in [0.1, 0.15) is 10.6 Å². The molecule has 0 fully saturated rings. The molecule has 2 heterocycles. The summed E-state index contributed by atoms with van der Waals surface area (Å²) in [5.41, 5.74) is 4.86. The third kappa shape index (κ3) is 4.52. The minimum absolute atomic E-state index is 0.0832. The van der Waals surface area contributed by atoms with Crippen molar-refractivity contribution in [3.63, 3.8) is 0 Å². The zero-order valence-corrected chi connectivity index (χ0v) is 19.2. The average Bonchev–Trinajstić information content (AvgIpc) is 3.22. The second kappa shape index (κ2) is 9.07. The summed E-state index contributed by atoms with van der Waals surface area (Å²) in [6, 6.07) is 13.9. The van der Waals surface area contributed by atoms with Gasteiger partial charge in [-0.2, -0.15) is 0 Å². The van der Waals surface area contributed by atoms with Crippen LogP contribution in [0.3, 0.4) is 0 Å². The van der Waals surface area contributed by atoms with Crippen molar-refractivity contribution in [1.82, 2.24) is 9.97 Å². The molecule has 0 saturated carbocycles. The highest BCUT2D eigenvalue weighted by atomic mass is 35.5. The molecule has 4 aromatic rings. The van der Waals surface area contributed by atoms with E-state index in [0.29, 0.717) is 27.9 Å². The maximum atomic E-state index is 12.9. The third-order valence-electron chi connectivity index (χ3n) is 5.49. The fraction of sp³-hybridized carbons (Fsp3) is 0.250. The monoisotopic (exact) mass is 468 g/mol. The first-order valence-electron chi connectivity index (χ1n) is 10.3. The Morgan fingerprint density at radius 1 is 1.10 bits per heavy atom. The molecule has 0 amide bonds. The molecular formula is C24H21ClN2O2S2. The second-order valence-electron chi connectivity index (χ2n) is 7.54. The third-order valence-corrected chi connectivity index (χ3v) is 7.45. The van der Waals surface area contributed by atoms with E-state index in [1.165, 1.54) is 47.1 Å². The van der Waals surface area contributed by atoms with E-state index in [1.807, 2.05) is 12.1 Å². The number of aryl methyl sites for hydroxylation is 2. The minimum Gasteiger partial charge on any atom is -0.493 e. The van der Waals surface area contributed by atoms with Gasteiger partial charge >= 0.3 is 0 Å². The number of aromatic nitrogens is 2. The number of fused-ring (bicyclic) bond motifs is 2. The number of H-pyrrole nitrogens is 1. The van der Waals surface area contributed by atoms with Crippen LogP contribution in [0.15, 0.2) is 57.8 Å². The summed E-state index contributed by atoms with van der Waals surface area (Å²) in [6.07, 6.45) is 4.79. The lowest BCUT2D eigenvalue weighted by atomic mass is 9.89. The van der Waals surface area contributed by atoms with Gasteiger partial charge in [-0.25, -0.2) is 4.98 Å². The van der Waals surface area contributed by atoms with E-state index in [1.54, 1.807) is 12.1 Å². The highest BCUT2D eigenvalue weighted by Crippen LogP contribution is 2.34. The fourth-order valence-corrected chi connectivity index (χ4v) is 5.75. The maximum absolute atomic E-state index is 12.9. The van der Waals surface area contributed by atoms with E-state index in [9.17, 15) is 4.79 Å². The zero-order valence-electron chi connectivity index (χ0n) is 16.8. The van der Waals surface area contributed by atoms with E-state index in [0.717, 1.165) is 34.5 Å². The smallest absolute Gasteiger partial charge is 0.260 e. The van der Waals surface area contributed by atoms with E-state index in [4.69, 9.17) is 16.3 Å². The zero-order chi connectivity index (χ0) is 21.2. The maximum Gasteiger partial charge on any atom is 0.260 e. The molecule has 0 aliphatic heterocycles. The molecule has 0 bridgehead atoms. The van der Waals surface area contributed by atoms with E-state index in [-0.39, 0.29) is 5.56 Å². The first kappa shape index (κ1) is 20.6. The number of benzene rings is 2. The molecule has 4 nitrogen and oxygen atoms in total. The van der Waals surface area contributed by atoms with Crippen LogP contribution in [-0.4, -0.2) is 22.3 Å². The summed E-state index contributed by atoms with van der Waals surface area (Å²) >= 11 is 8.90. The highest BCUT2D eigenvalue weighted by molar-refractivity contribution is 7.99. The topological polar surface area (TPSA) is 55.0 Å². The Bertz CT molecular complexity index is 1280. The molecule has 31 heavy (non-hydrogen) atoms. The molecule has 158 valence electrons. The number of aromatic amines is 1. The van der Waals surface area contributed by atoms with Gasteiger partial charge in [0.25, 0.3) is 5.56 Å². The molecule has 2 aromatic carbocycles. The Kier molecular flexibility index (Phi) is 6.03. The Morgan fingerprint density at radius 3 is 2.74 bits per heavy atom. The number of hydrogen-bond acceptors (Lipinski definition) is 5. The summed E-state index contributed by atoms with van der Waals surface area (Å²) in [6.45, 7) is 0.513. The van der Waals surface area contributed by atoms with Crippen LogP contribution in [-0.2, 0) is 12.8 Å². The van der Waals surface area contributed by atoms with Crippen molar-refractivity contribution < 1.29 is 4.74 Å². The quantitative estimate of drug-likeness (QED) is 0.203. The molecule has 0 saturated heterocycles. The number of hydrogen-bond donors (Lipinski definition) is 1. The van der Waals surface area contributed by atoms with Crippen molar-refractivity contribution in [2.45, 2.75) is 30.8 Å². The lowest BCUT2D eigenvalue weighted by molar-refractivity contribution is 0.344. The summed E-state index contributed by atoms with van der Waals surface area (Å²) in [5.74, 6) is 1.45. The van der Waals surface area contributed by atoms with Crippen LogP contribution < -0.4 is 10.3 Å². The molecule has 1 aliphatic carbocycles. The molecule has 7 heteroatoms. The normalized spacial score (nSPS) is 13.3. The van der Waals surface area contributed by atoms with Crippen LogP contribution in [0.4, 0.5) is 0 Å². The molecule has 1 aliphatic rings. The van der Waals surface area contributed by atoms with Gasteiger partial charge in [-0.15, -0.1) is 11.3 Å². The van der Waals surface area contributed by atoms with Gasteiger partial charge in [0, 0.05) is 21.7 Å². The number of nitrogens with one attached hydrogen (secondary N) is 1. The van der Waals surface area contributed by atoms with E-state index in [2.05, 4.69) is 33.5 Å². The van der Waals surface area contributed by atoms with Crippen molar-refractivity contribution in [2.75, 3.05) is 12.4 Å². The summed E-state index contributed by atoms with van der Waals surface area (Å²) < 4.78 is 5.71. The van der Waals surface area contributed by atoms with Crippen molar-refractivity contribution >= 4 is 44.9 Å². The number of thiophene rings is 1. The standard InChI is InChI=1S/C24H21ClN2O2S2/c25-18-7-9-19(10-8-18)29-11-12-30-24-26-22(28)21-20(14-31-23(21)27-24)17-6-5-15-3-1-2-4-16(15)13-17/h5-10,13-14H,1-4,11-12H2,(H,26,27,28). The van der Waals surface area contributed by atoms with E-state index >= 15 is 0 Å². The van der Waals surface area contributed by atoms with Crippen LogP contribution in [0.1, 0.15) is 24.0 Å². The van der Waals surface area contributed by atoms with Crippen molar-refractivity contribution in [3.05, 3.63) is 74.3 Å². The van der Waals surface area contributed by atoms with Gasteiger partial charge in [-0.1, -0.05) is 41.6 Å². The molecule has 5 rings (SSSR count). The highest BCUT2D eigenvalue weighted by Gasteiger charge is 2.16. The predicted molar refractivity (Wildman–Crippen MR) is 130 cm³/mol. The van der Waals surface area contributed by atoms with Gasteiger partial charge in [-0.3, -0.25) is 4.79 Å². The Balaban J connectivity index is 1.31. The first-order valence-corrected chi connectivity index (χ1v) is 12.6. The van der Waals surface area contributed by atoms with Gasteiger partial charge in [-0.05, 0) is 66.6 Å². The van der Waals surface area contributed by atoms with Gasteiger partial charge in [0.05, 0.1) is 12.0 Å². The number of rotatable bonds is 6. The number of ether oxygens (including phenoxy) is 1. The van der Waals surface area contributed by atoms with Crippen LogP contribution in [0.2, 0.25) is 5.02 Å². The summed E-state index contributed by atoms with van der Waals surface area (Å²) in [7, 11) is 0. The van der Waals surface area contributed by atoms with Crippen LogP contribution >= 0.6 is 34.7 Å². The average molecular weight is 469 g/mol. The second-order valence-corrected chi connectivity index (χ2v) is 9.92. The molecule has 0 atom stereocenters. The van der Waals surface area contributed by atoms with Crippen LogP contribution in [0.5, 0.6) is 5.75 Å². The minimum atomic E-state index is -0.0832. The Hall–Kier alpha value is -2.28. The van der Waals surface area contributed by atoms with Crippen molar-refractivity contribution in [3.8, 4) is 16.9 Å². The Labute approximate surface area is 193 Å². The summed E-state index contributed by atoms with van der Waals surface area (Å²) in [4.78, 5) is 21.3. The first-order chi connectivity index (χ1) is 15.2. The number of nitrogens with zero attached hydrogens (tertiary/aromatic N) is 1. The summed E-state index contributed by atoms with van der Waals surface area (Å²) in [5, 5.41) is 4.04. The van der Waals surface area contributed by atoms with Crippen molar-refractivity contribution in [2.24, 2.45) is 0 Å². The van der Waals surface area contributed by atoms with Gasteiger partial charge < -0.3 is 9.72 Å². The molecule has 0 radical (unpaired) electrons.